The molecule has 0 atom stereocenters. The molecule has 1 rings (SSSR count). The Morgan fingerprint density at radius 3 is 2.62 bits per heavy atom. The molecule has 0 radical (unpaired) electrons. The van der Waals surface area contributed by atoms with Gasteiger partial charge in [-0.15, -0.1) is 0 Å². The summed E-state index contributed by atoms with van der Waals surface area (Å²) in [6.45, 7) is 3.29. The van der Waals surface area contributed by atoms with Gasteiger partial charge in [0, 0.05) is 12.6 Å². The van der Waals surface area contributed by atoms with Crippen molar-refractivity contribution in [2.45, 2.75) is 50.7 Å². The maximum absolute atomic E-state index is 10.0. The summed E-state index contributed by atoms with van der Waals surface area (Å²) < 4.78 is 5.37. The van der Waals surface area contributed by atoms with Crippen LogP contribution in [-0.4, -0.2) is 30.0 Å². The van der Waals surface area contributed by atoms with E-state index in [1.54, 1.807) is 0 Å². The van der Waals surface area contributed by atoms with Crippen LogP contribution >= 0.6 is 0 Å². The number of ether oxygens (including phenoxy) is 1. The molecule has 0 aromatic carbocycles. The molecule has 0 bridgehead atoms. The Bertz CT molecular complexity index is 142. The van der Waals surface area contributed by atoms with E-state index in [1.807, 2.05) is 0 Å². The highest BCUT2D eigenvalue weighted by Gasteiger charge is 2.31. The van der Waals surface area contributed by atoms with Crippen LogP contribution in [0.1, 0.15) is 39.0 Å². The van der Waals surface area contributed by atoms with E-state index in [4.69, 9.17) is 10.5 Å². The summed E-state index contributed by atoms with van der Waals surface area (Å²) in [5.74, 6) is 0. The first kappa shape index (κ1) is 11.0. The number of rotatable bonds is 4. The van der Waals surface area contributed by atoms with E-state index < -0.39 is 5.60 Å². The van der Waals surface area contributed by atoms with Gasteiger partial charge >= 0.3 is 0 Å². The van der Waals surface area contributed by atoms with Crippen LogP contribution in [0.25, 0.3) is 0 Å². The SMILES string of the molecule is CCCOCC1(O)CCC(N)CC1. The molecule has 3 nitrogen and oxygen atoms in total. The fraction of sp³-hybridized carbons (Fsp3) is 1.00. The van der Waals surface area contributed by atoms with Gasteiger partial charge in [-0.25, -0.2) is 0 Å². The van der Waals surface area contributed by atoms with Gasteiger partial charge in [-0.1, -0.05) is 6.92 Å². The van der Waals surface area contributed by atoms with Crippen molar-refractivity contribution in [3.8, 4) is 0 Å². The maximum Gasteiger partial charge on any atom is 0.0881 e. The average molecular weight is 187 g/mol. The molecule has 1 fully saturated rings. The van der Waals surface area contributed by atoms with E-state index in [9.17, 15) is 5.11 Å². The molecule has 3 N–H and O–H groups in total. The lowest BCUT2D eigenvalue weighted by atomic mass is 9.83. The molecule has 0 unspecified atom stereocenters. The molecular weight excluding hydrogens is 166 g/mol. The lowest BCUT2D eigenvalue weighted by molar-refractivity contribution is -0.0704. The molecule has 78 valence electrons. The predicted octanol–water partition coefficient (Wildman–Crippen LogP) is 1.05. The number of hydrogen-bond donors (Lipinski definition) is 2. The zero-order valence-electron chi connectivity index (χ0n) is 8.46. The molecule has 13 heavy (non-hydrogen) atoms. The fourth-order valence-corrected chi connectivity index (χ4v) is 1.73. The van der Waals surface area contributed by atoms with Crippen LogP contribution in [0.3, 0.4) is 0 Å². The van der Waals surface area contributed by atoms with Gasteiger partial charge in [-0.2, -0.15) is 0 Å². The van der Waals surface area contributed by atoms with Gasteiger partial charge < -0.3 is 15.6 Å². The standard InChI is InChI=1S/C10H21NO2/c1-2-7-13-8-10(12)5-3-9(11)4-6-10/h9,12H,2-8,11H2,1H3. The van der Waals surface area contributed by atoms with E-state index in [0.717, 1.165) is 38.7 Å². The van der Waals surface area contributed by atoms with E-state index in [1.165, 1.54) is 0 Å². The summed E-state index contributed by atoms with van der Waals surface area (Å²) in [6.07, 6.45) is 4.43. The van der Waals surface area contributed by atoms with Crippen molar-refractivity contribution in [3.05, 3.63) is 0 Å². The van der Waals surface area contributed by atoms with Crippen molar-refractivity contribution in [1.29, 1.82) is 0 Å². The zero-order valence-corrected chi connectivity index (χ0v) is 8.46. The highest BCUT2D eigenvalue weighted by molar-refractivity contribution is 4.86. The molecule has 1 aliphatic carbocycles. The van der Waals surface area contributed by atoms with Gasteiger partial charge in [-0.05, 0) is 32.1 Å². The second kappa shape index (κ2) is 4.94. The monoisotopic (exact) mass is 187 g/mol. The molecule has 0 aromatic heterocycles. The summed E-state index contributed by atoms with van der Waals surface area (Å²) in [5, 5.41) is 10.0. The third-order valence-corrected chi connectivity index (χ3v) is 2.68. The Morgan fingerprint density at radius 2 is 2.08 bits per heavy atom. The van der Waals surface area contributed by atoms with Crippen molar-refractivity contribution in [2.75, 3.05) is 13.2 Å². The summed E-state index contributed by atoms with van der Waals surface area (Å²) in [4.78, 5) is 0. The Labute approximate surface area is 80.3 Å². The first-order valence-electron chi connectivity index (χ1n) is 5.22. The van der Waals surface area contributed by atoms with Crippen LogP contribution in [0, 0.1) is 0 Å². The molecular formula is C10H21NO2. The van der Waals surface area contributed by atoms with Gasteiger partial charge in [0.25, 0.3) is 0 Å². The second-order valence-electron chi connectivity index (χ2n) is 4.11. The van der Waals surface area contributed by atoms with Crippen molar-refractivity contribution >= 4 is 0 Å². The Hall–Kier alpha value is -0.120. The van der Waals surface area contributed by atoms with Gasteiger partial charge in [0.15, 0.2) is 0 Å². The largest absolute Gasteiger partial charge is 0.387 e. The van der Waals surface area contributed by atoms with Gasteiger partial charge in [0.1, 0.15) is 0 Å². The molecule has 1 aliphatic rings. The number of nitrogens with two attached hydrogens (primary N) is 1. The first-order valence-corrected chi connectivity index (χ1v) is 5.22. The van der Waals surface area contributed by atoms with Gasteiger partial charge in [0.2, 0.25) is 0 Å². The van der Waals surface area contributed by atoms with E-state index in [2.05, 4.69) is 6.92 Å². The van der Waals surface area contributed by atoms with E-state index in [-0.39, 0.29) is 6.04 Å². The topological polar surface area (TPSA) is 55.5 Å². The highest BCUT2D eigenvalue weighted by atomic mass is 16.5. The van der Waals surface area contributed by atoms with Crippen LogP contribution < -0.4 is 5.73 Å². The van der Waals surface area contributed by atoms with Crippen LogP contribution in [-0.2, 0) is 4.74 Å². The fourth-order valence-electron chi connectivity index (χ4n) is 1.73. The van der Waals surface area contributed by atoms with Crippen molar-refractivity contribution in [2.24, 2.45) is 5.73 Å². The van der Waals surface area contributed by atoms with E-state index >= 15 is 0 Å². The summed E-state index contributed by atoms with van der Waals surface area (Å²) in [7, 11) is 0. The van der Waals surface area contributed by atoms with Crippen LogP contribution in [0.15, 0.2) is 0 Å². The lowest BCUT2D eigenvalue weighted by Gasteiger charge is -2.34. The lowest BCUT2D eigenvalue weighted by Crippen LogP contribution is -2.42. The quantitative estimate of drug-likeness (QED) is 0.647. The third kappa shape index (κ3) is 3.63. The molecule has 0 amide bonds. The van der Waals surface area contributed by atoms with Crippen LogP contribution in [0.2, 0.25) is 0 Å². The first-order chi connectivity index (χ1) is 6.16. The maximum atomic E-state index is 10.0. The number of aliphatic hydroxyl groups is 1. The molecule has 3 heteroatoms. The molecule has 0 heterocycles. The normalized spacial score (nSPS) is 34.8. The van der Waals surface area contributed by atoms with Crippen LogP contribution in [0.5, 0.6) is 0 Å². The van der Waals surface area contributed by atoms with E-state index in [0.29, 0.717) is 6.61 Å². The summed E-state index contributed by atoms with van der Waals surface area (Å²) in [6, 6.07) is 0.284. The molecule has 0 aliphatic heterocycles. The molecule has 0 aromatic rings. The average Bonchev–Trinajstić information content (AvgIpc) is 2.12. The van der Waals surface area contributed by atoms with Crippen molar-refractivity contribution < 1.29 is 9.84 Å². The predicted molar refractivity (Wildman–Crippen MR) is 52.5 cm³/mol. The smallest absolute Gasteiger partial charge is 0.0881 e. The molecule has 0 spiro atoms. The van der Waals surface area contributed by atoms with Gasteiger partial charge in [-0.3, -0.25) is 0 Å². The van der Waals surface area contributed by atoms with Gasteiger partial charge in [0.05, 0.1) is 12.2 Å². The zero-order chi connectivity index (χ0) is 9.73. The summed E-state index contributed by atoms with van der Waals surface area (Å²) >= 11 is 0. The highest BCUT2D eigenvalue weighted by Crippen LogP contribution is 2.27. The molecule has 1 saturated carbocycles. The van der Waals surface area contributed by atoms with Crippen LogP contribution in [0.4, 0.5) is 0 Å². The molecule has 0 saturated heterocycles. The minimum atomic E-state index is -0.592. The third-order valence-electron chi connectivity index (χ3n) is 2.68. The van der Waals surface area contributed by atoms with Crippen molar-refractivity contribution in [3.63, 3.8) is 0 Å². The minimum absolute atomic E-state index is 0.284. The number of hydrogen-bond acceptors (Lipinski definition) is 3. The second-order valence-corrected chi connectivity index (χ2v) is 4.11. The Morgan fingerprint density at radius 1 is 1.46 bits per heavy atom. The minimum Gasteiger partial charge on any atom is -0.387 e. The Balaban J connectivity index is 2.22. The Kier molecular flexibility index (Phi) is 4.16. The van der Waals surface area contributed by atoms with Crippen molar-refractivity contribution in [1.82, 2.24) is 0 Å². The summed E-state index contributed by atoms with van der Waals surface area (Å²) in [5.41, 5.74) is 5.17.